The molecule has 1 aliphatic rings. The van der Waals surface area contributed by atoms with E-state index in [0.29, 0.717) is 28.6 Å². The normalized spacial score (nSPS) is 18.7. The fourth-order valence-electron chi connectivity index (χ4n) is 6.40. The molecule has 16 heteroatoms. The molecule has 0 saturated carbocycles. The van der Waals surface area contributed by atoms with Crippen molar-refractivity contribution in [2.45, 2.75) is 78.6 Å². The van der Waals surface area contributed by atoms with Crippen LogP contribution in [0.25, 0.3) is 11.0 Å². The highest BCUT2D eigenvalue weighted by Crippen LogP contribution is 2.33. The van der Waals surface area contributed by atoms with Crippen molar-refractivity contribution in [3.8, 4) is 17.2 Å². The number of amides is 5. The number of halogens is 1. The number of hydrogen-bond donors (Lipinski definition) is 5. The third-order valence-electron chi connectivity index (χ3n) is 10.0. The van der Waals surface area contributed by atoms with Gasteiger partial charge in [-0.2, -0.15) is 0 Å². The molecule has 0 aliphatic carbocycles. The van der Waals surface area contributed by atoms with E-state index in [4.69, 9.17) is 9.47 Å². The summed E-state index contributed by atoms with van der Waals surface area (Å²) in [5.41, 5.74) is 3.53. The maximum absolute atomic E-state index is 14.9. The Morgan fingerprint density at radius 2 is 1.67 bits per heavy atom. The van der Waals surface area contributed by atoms with Gasteiger partial charge < -0.3 is 40.7 Å². The van der Waals surface area contributed by atoms with Crippen LogP contribution in [0, 0.1) is 25.6 Å². The number of rotatable bonds is 5. The Labute approximate surface area is 336 Å². The molecule has 5 amide bonds. The lowest BCUT2D eigenvalue weighted by Crippen LogP contribution is -2.58. The predicted molar refractivity (Wildman–Crippen MR) is 213 cm³/mol. The molecule has 58 heavy (non-hydrogen) atoms. The zero-order valence-corrected chi connectivity index (χ0v) is 33.5. The van der Waals surface area contributed by atoms with Crippen LogP contribution in [-0.4, -0.2) is 94.4 Å². The minimum atomic E-state index is -1.40. The van der Waals surface area contributed by atoms with Crippen molar-refractivity contribution in [1.82, 2.24) is 36.1 Å². The highest BCUT2D eigenvalue weighted by atomic mass is 19.1. The molecular formula is C42H50FN7O8. The van der Waals surface area contributed by atoms with Crippen molar-refractivity contribution in [3.05, 3.63) is 88.5 Å². The third-order valence-corrected chi connectivity index (χ3v) is 10.0. The molecule has 0 spiro atoms. The van der Waals surface area contributed by atoms with Crippen molar-refractivity contribution < 1.29 is 42.9 Å². The van der Waals surface area contributed by atoms with Gasteiger partial charge in [0.15, 0.2) is 11.5 Å². The maximum Gasteiger partial charge on any atom is 0.253 e. The Bertz CT molecular complexity index is 2180. The molecule has 308 valence electrons. The lowest BCUT2D eigenvalue weighted by molar-refractivity contribution is -0.135. The molecule has 0 radical (unpaired) electrons. The van der Waals surface area contributed by atoms with Crippen LogP contribution in [-0.2, 0) is 20.9 Å². The number of nitrogens with zero attached hydrogens (tertiary/aromatic N) is 3. The van der Waals surface area contributed by atoms with Gasteiger partial charge in [-0.25, -0.2) is 14.4 Å². The second kappa shape index (κ2) is 19.3. The first-order chi connectivity index (χ1) is 27.7. The van der Waals surface area contributed by atoms with Gasteiger partial charge in [0.2, 0.25) is 17.7 Å². The second-order valence-corrected chi connectivity index (χ2v) is 14.4. The van der Waals surface area contributed by atoms with Crippen LogP contribution in [0.4, 0.5) is 4.39 Å². The summed E-state index contributed by atoms with van der Waals surface area (Å²) in [6.45, 7) is 8.70. The zero-order chi connectivity index (χ0) is 42.1. The Morgan fingerprint density at radius 1 is 0.931 bits per heavy atom. The number of aliphatic hydroxyl groups excluding tert-OH is 1. The highest BCUT2D eigenvalue weighted by molar-refractivity contribution is 5.98. The maximum atomic E-state index is 14.9. The van der Waals surface area contributed by atoms with Gasteiger partial charge in [0.05, 0.1) is 35.6 Å². The van der Waals surface area contributed by atoms with Gasteiger partial charge in [-0.05, 0) is 87.2 Å². The molecule has 3 aromatic carbocycles. The lowest BCUT2D eigenvalue weighted by Gasteiger charge is -2.28. The number of benzene rings is 3. The fraction of sp³-hybridized carbons (Fsp3) is 0.405. The molecule has 5 rings (SSSR count). The van der Waals surface area contributed by atoms with E-state index in [-0.39, 0.29) is 73.7 Å². The number of aryl methyl sites for hydroxylation is 2. The number of ether oxygens (including phenoxy) is 2. The highest BCUT2D eigenvalue weighted by Gasteiger charge is 2.32. The van der Waals surface area contributed by atoms with Crippen LogP contribution in [0.2, 0.25) is 0 Å². The SMILES string of the molecule is CC[C@H](C)[C@@H]1NC(=O)[C@H]([C@@H](C)O)NC(=O)CCCN(C(=O)c2ccc3nc(C)c(C)nc3c2)CCNC(=O)c2ccc(OC)c(c2)Oc2cc(F)cc(c2)CNC1=O. The van der Waals surface area contributed by atoms with E-state index < -0.39 is 47.6 Å². The van der Waals surface area contributed by atoms with E-state index in [1.807, 2.05) is 20.8 Å². The lowest BCUT2D eigenvalue weighted by atomic mass is 9.97. The van der Waals surface area contributed by atoms with E-state index in [0.717, 1.165) is 17.5 Å². The van der Waals surface area contributed by atoms with E-state index >= 15 is 0 Å². The molecular weight excluding hydrogens is 750 g/mol. The average molecular weight is 800 g/mol. The molecule has 2 heterocycles. The number of carbonyl (C=O) groups is 5. The summed E-state index contributed by atoms with van der Waals surface area (Å²) < 4.78 is 26.4. The number of methoxy groups -OCH3 is 1. The molecule has 0 fully saturated rings. The molecule has 4 atom stereocenters. The number of aromatic nitrogens is 2. The largest absolute Gasteiger partial charge is 0.493 e. The summed E-state index contributed by atoms with van der Waals surface area (Å²) >= 11 is 0. The first kappa shape index (κ1) is 43.0. The Hall–Kier alpha value is -6.16. The van der Waals surface area contributed by atoms with Gasteiger partial charge in [0, 0.05) is 49.8 Å². The second-order valence-electron chi connectivity index (χ2n) is 14.4. The molecule has 4 bridgehead atoms. The molecule has 15 nitrogen and oxygen atoms in total. The summed E-state index contributed by atoms with van der Waals surface area (Å²) in [6.07, 6.45) is -0.767. The molecule has 0 unspecified atom stereocenters. The number of carbonyl (C=O) groups excluding carboxylic acids is 5. The van der Waals surface area contributed by atoms with Crippen LogP contribution in [0.1, 0.15) is 77.7 Å². The summed E-state index contributed by atoms with van der Waals surface area (Å²) in [6, 6.07) is 10.9. The predicted octanol–water partition coefficient (Wildman–Crippen LogP) is 3.87. The van der Waals surface area contributed by atoms with Crippen LogP contribution in [0.3, 0.4) is 0 Å². The fourth-order valence-corrected chi connectivity index (χ4v) is 6.40. The number of aliphatic hydroxyl groups is 1. The summed E-state index contributed by atoms with van der Waals surface area (Å²) in [5.74, 6) is -3.31. The van der Waals surface area contributed by atoms with E-state index in [2.05, 4.69) is 31.2 Å². The van der Waals surface area contributed by atoms with E-state index in [9.17, 15) is 33.5 Å². The summed E-state index contributed by atoms with van der Waals surface area (Å²) in [5, 5.41) is 21.4. The van der Waals surface area contributed by atoms with Crippen LogP contribution in [0.15, 0.2) is 54.6 Å². The minimum Gasteiger partial charge on any atom is -0.493 e. The zero-order valence-electron chi connectivity index (χ0n) is 33.5. The standard InChI is InChI=1S/C42H50FN7O8/c1-7-23(2)37-40(54)45-22-27-17-30(43)21-31(18-27)58-35-20-28(11-13-34(35)57-6)39(53)44-14-16-50(15-8-9-36(52)48-38(26(5)51)41(55)49-37)42(56)29-10-12-32-33(19-29)47-25(4)24(3)46-32/h10-13,17-21,23,26,37-38,51H,7-9,14-16,22H2,1-6H3,(H,44,53)(H,45,54)(H,48,52)(H,49,55)/t23-,26+,37-,38-/m0/s1. The van der Waals surface area contributed by atoms with Crippen molar-refractivity contribution in [1.29, 1.82) is 0 Å². The third kappa shape index (κ3) is 10.8. The summed E-state index contributed by atoms with van der Waals surface area (Å²) in [7, 11) is 1.42. The first-order valence-corrected chi connectivity index (χ1v) is 19.2. The summed E-state index contributed by atoms with van der Waals surface area (Å²) in [4.78, 5) is 78.3. The molecule has 1 aromatic heterocycles. The number of fused-ring (bicyclic) bond motifs is 5. The Morgan fingerprint density at radius 3 is 2.38 bits per heavy atom. The van der Waals surface area contributed by atoms with E-state index in [1.165, 1.54) is 49.3 Å². The van der Waals surface area contributed by atoms with Gasteiger partial charge in [-0.15, -0.1) is 0 Å². The Kier molecular flexibility index (Phi) is 14.3. The number of nitrogens with one attached hydrogen (secondary N) is 4. The molecule has 5 N–H and O–H groups in total. The van der Waals surface area contributed by atoms with Crippen molar-refractivity contribution in [2.24, 2.45) is 5.92 Å². The first-order valence-electron chi connectivity index (χ1n) is 19.2. The van der Waals surface area contributed by atoms with Gasteiger partial charge in [0.25, 0.3) is 11.8 Å². The Balaban J connectivity index is 1.46. The van der Waals surface area contributed by atoms with E-state index in [1.54, 1.807) is 25.1 Å². The quantitative estimate of drug-likeness (QED) is 0.198. The van der Waals surface area contributed by atoms with Gasteiger partial charge in [0.1, 0.15) is 23.7 Å². The van der Waals surface area contributed by atoms with Gasteiger partial charge in [-0.1, -0.05) is 20.3 Å². The van der Waals surface area contributed by atoms with Crippen LogP contribution < -0.4 is 30.7 Å². The van der Waals surface area contributed by atoms with Gasteiger partial charge in [-0.3, -0.25) is 24.0 Å². The molecule has 4 aromatic rings. The van der Waals surface area contributed by atoms with Crippen molar-refractivity contribution in [2.75, 3.05) is 26.7 Å². The van der Waals surface area contributed by atoms with Crippen LogP contribution >= 0.6 is 0 Å². The van der Waals surface area contributed by atoms with Crippen molar-refractivity contribution in [3.63, 3.8) is 0 Å². The topological polar surface area (TPSA) is 201 Å². The monoisotopic (exact) mass is 799 g/mol. The average Bonchev–Trinajstić information content (AvgIpc) is 3.19. The minimum absolute atomic E-state index is 0.0330. The van der Waals surface area contributed by atoms with Crippen LogP contribution in [0.5, 0.6) is 17.2 Å². The smallest absolute Gasteiger partial charge is 0.253 e. The van der Waals surface area contributed by atoms with Crippen molar-refractivity contribution >= 4 is 40.6 Å². The number of hydrogen-bond acceptors (Lipinski definition) is 10. The van der Waals surface area contributed by atoms with Gasteiger partial charge >= 0.3 is 0 Å². The molecule has 0 saturated heterocycles. The molecule has 1 aliphatic heterocycles.